The van der Waals surface area contributed by atoms with Crippen molar-refractivity contribution < 1.29 is 30.0 Å². The first-order valence-electron chi connectivity index (χ1n) is 3.40. The average molecular weight is 177 g/mol. The first-order valence-corrected chi connectivity index (χ1v) is 3.40. The Morgan fingerprint density at radius 1 is 1.33 bits per heavy atom. The van der Waals surface area contributed by atoms with Gasteiger partial charge >= 0.3 is 0 Å². The lowest BCUT2D eigenvalue weighted by Gasteiger charge is -2.35. The molecule has 1 saturated heterocycles. The van der Waals surface area contributed by atoms with Crippen molar-refractivity contribution in [3.8, 4) is 0 Å². The zero-order valence-corrected chi connectivity index (χ0v) is 6.08. The number of ether oxygens (including phenoxy) is 1. The molecule has 1 heterocycles. The normalized spacial score (nSPS) is 42.6. The van der Waals surface area contributed by atoms with Crippen LogP contribution in [0.4, 0.5) is 0 Å². The summed E-state index contributed by atoms with van der Waals surface area (Å²) in [5.41, 5.74) is 0. The van der Waals surface area contributed by atoms with Crippen LogP contribution in [0.3, 0.4) is 0 Å². The van der Waals surface area contributed by atoms with Gasteiger partial charge in [-0.15, -0.1) is 0 Å². The zero-order valence-electron chi connectivity index (χ0n) is 6.08. The standard InChI is InChI=1S/C6H10O6/c7-2-1-12-5(6(10)11)4(9)3(2)8/h2-5,7-9H,1H2,(H,10,11)/p-1. The van der Waals surface area contributed by atoms with Crippen LogP contribution in [0.2, 0.25) is 0 Å². The Bertz CT molecular complexity index is 181. The summed E-state index contributed by atoms with van der Waals surface area (Å²) in [6.07, 6.45) is -5.96. The monoisotopic (exact) mass is 177 g/mol. The molecule has 0 aromatic rings. The van der Waals surface area contributed by atoms with E-state index < -0.39 is 30.4 Å². The van der Waals surface area contributed by atoms with Gasteiger partial charge in [0, 0.05) is 0 Å². The summed E-state index contributed by atoms with van der Waals surface area (Å²) in [4.78, 5) is 10.2. The first-order chi connectivity index (χ1) is 5.54. The average Bonchev–Trinajstić information content (AvgIpc) is 2.00. The van der Waals surface area contributed by atoms with Crippen LogP contribution in [0, 0.1) is 0 Å². The molecule has 4 unspecified atom stereocenters. The Morgan fingerprint density at radius 3 is 2.42 bits per heavy atom. The molecule has 0 bridgehead atoms. The Balaban J connectivity index is 2.65. The molecule has 0 aromatic heterocycles. The Hall–Kier alpha value is -0.690. The molecule has 1 rings (SSSR count). The maximum atomic E-state index is 10.2. The van der Waals surface area contributed by atoms with Crippen LogP contribution in [-0.2, 0) is 9.53 Å². The maximum Gasteiger partial charge on any atom is 0.125 e. The van der Waals surface area contributed by atoms with Crippen LogP contribution < -0.4 is 5.11 Å². The van der Waals surface area contributed by atoms with Crippen LogP contribution in [-0.4, -0.2) is 52.3 Å². The number of carboxylic acid groups (broad SMARTS) is 1. The van der Waals surface area contributed by atoms with Gasteiger partial charge in [-0.2, -0.15) is 0 Å². The Kier molecular flexibility index (Phi) is 2.63. The van der Waals surface area contributed by atoms with Gasteiger partial charge in [0.15, 0.2) is 0 Å². The lowest BCUT2D eigenvalue weighted by molar-refractivity contribution is -0.327. The van der Waals surface area contributed by atoms with E-state index >= 15 is 0 Å². The number of rotatable bonds is 1. The van der Waals surface area contributed by atoms with E-state index in [2.05, 4.69) is 4.74 Å². The van der Waals surface area contributed by atoms with Gasteiger partial charge in [0.2, 0.25) is 0 Å². The van der Waals surface area contributed by atoms with Crippen molar-refractivity contribution in [2.45, 2.75) is 24.4 Å². The van der Waals surface area contributed by atoms with Crippen LogP contribution in [0.5, 0.6) is 0 Å². The minimum absolute atomic E-state index is 0.323. The molecule has 0 aliphatic carbocycles. The van der Waals surface area contributed by atoms with E-state index in [-0.39, 0.29) is 6.61 Å². The number of carbonyl (C=O) groups excluding carboxylic acids is 1. The molecule has 0 spiro atoms. The van der Waals surface area contributed by atoms with Crippen molar-refractivity contribution in [1.29, 1.82) is 0 Å². The molecule has 0 amide bonds. The third-order valence-electron chi connectivity index (χ3n) is 1.73. The van der Waals surface area contributed by atoms with Crippen molar-refractivity contribution >= 4 is 5.97 Å². The molecule has 12 heavy (non-hydrogen) atoms. The molecule has 6 nitrogen and oxygen atoms in total. The summed E-state index contributed by atoms with van der Waals surface area (Å²) < 4.78 is 4.51. The number of aliphatic carboxylic acids is 1. The predicted molar refractivity (Wildman–Crippen MR) is 32.8 cm³/mol. The van der Waals surface area contributed by atoms with Gasteiger partial charge in [0.1, 0.15) is 24.4 Å². The van der Waals surface area contributed by atoms with Crippen molar-refractivity contribution in [3.05, 3.63) is 0 Å². The second-order valence-electron chi connectivity index (χ2n) is 2.62. The van der Waals surface area contributed by atoms with Gasteiger partial charge in [-0.05, 0) is 0 Å². The summed E-state index contributed by atoms with van der Waals surface area (Å²) in [5.74, 6) is -1.60. The minimum Gasteiger partial charge on any atom is -0.547 e. The number of aliphatic hydroxyl groups excluding tert-OH is 3. The lowest BCUT2D eigenvalue weighted by atomic mass is 10.0. The van der Waals surface area contributed by atoms with Crippen molar-refractivity contribution in [2.24, 2.45) is 0 Å². The molecule has 0 aromatic carbocycles. The third-order valence-corrected chi connectivity index (χ3v) is 1.73. The highest BCUT2D eigenvalue weighted by molar-refractivity contribution is 5.71. The summed E-state index contributed by atoms with van der Waals surface area (Å²) in [5, 5.41) is 37.1. The number of carbonyl (C=O) groups is 1. The summed E-state index contributed by atoms with van der Waals surface area (Å²) in [6, 6.07) is 0. The van der Waals surface area contributed by atoms with Crippen LogP contribution in [0.25, 0.3) is 0 Å². The Labute approximate surface area is 68.0 Å². The molecular weight excluding hydrogens is 168 g/mol. The fourth-order valence-corrected chi connectivity index (χ4v) is 1.01. The topological polar surface area (TPSA) is 110 Å². The minimum atomic E-state index is -1.64. The van der Waals surface area contributed by atoms with E-state index in [1.165, 1.54) is 0 Å². The molecule has 1 aliphatic heterocycles. The number of carboxylic acids is 1. The van der Waals surface area contributed by atoms with Crippen LogP contribution in [0.1, 0.15) is 0 Å². The van der Waals surface area contributed by atoms with Gasteiger partial charge in [0.25, 0.3) is 0 Å². The summed E-state index contributed by atoms with van der Waals surface area (Å²) in [7, 11) is 0. The first kappa shape index (κ1) is 9.40. The number of hydrogen-bond donors (Lipinski definition) is 3. The molecule has 0 saturated carbocycles. The SMILES string of the molecule is O=C([O-])C1OCC(O)C(O)C1O. The molecular formula is C6H9O6-. The smallest absolute Gasteiger partial charge is 0.125 e. The van der Waals surface area contributed by atoms with E-state index in [0.717, 1.165) is 0 Å². The zero-order chi connectivity index (χ0) is 9.30. The fourth-order valence-electron chi connectivity index (χ4n) is 1.01. The van der Waals surface area contributed by atoms with Crippen LogP contribution >= 0.6 is 0 Å². The quantitative estimate of drug-likeness (QED) is 0.379. The third kappa shape index (κ3) is 1.56. The highest BCUT2D eigenvalue weighted by atomic mass is 16.5. The predicted octanol–water partition coefficient (Wildman–Crippen LogP) is -3.78. The molecule has 70 valence electrons. The molecule has 3 N–H and O–H groups in total. The fraction of sp³-hybridized carbons (Fsp3) is 0.833. The Morgan fingerprint density at radius 2 is 1.92 bits per heavy atom. The van der Waals surface area contributed by atoms with Crippen molar-refractivity contribution in [2.75, 3.05) is 6.61 Å². The van der Waals surface area contributed by atoms with E-state index in [1.807, 2.05) is 0 Å². The second-order valence-corrected chi connectivity index (χ2v) is 2.62. The molecule has 1 aliphatic rings. The second kappa shape index (κ2) is 3.36. The van der Waals surface area contributed by atoms with E-state index in [1.54, 1.807) is 0 Å². The summed E-state index contributed by atoms with van der Waals surface area (Å²) >= 11 is 0. The van der Waals surface area contributed by atoms with E-state index in [0.29, 0.717) is 0 Å². The van der Waals surface area contributed by atoms with Gasteiger partial charge in [-0.3, -0.25) is 0 Å². The van der Waals surface area contributed by atoms with Gasteiger partial charge in [0.05, 0.1) is 12.6 Å². The largest absolute Gasteiger partial charge is 0.547 e. The van der Waals surface area contributed by atoms with E-state index in [9.17, 15) is 9.90 Å². The molecule has 4 atom stereocenters. The highest BCUT2D eigenvalue weighted by Gasteiger charge is 2.37. The highest BCUT2D eigenvalue weighted by Crippen LogP contribution is 2.14. The number of aliphatic hydroxyl groups is 3. The van der Waals surface area contributed by atoms with E-state index in [4.69, 9.17) is 15.3 Å². The molecule has 1 fully saturated rings. The molecule has 0 radical (unpaired) electrons. The number of hydrogen-bond acceptors (Lipinski definition) is 6. The maximum absolute atomic E-state index is 10.2. The van der Waals surface area contributed by atoms with Crippen LogP contribution in [0.15, 0.2) is 0 Å². The lowest BCUT2D eigenvalue weighted by Crippen LogP contribution is -2.58. The van der Waals surface area contributed by atoms with Gasteiger partial charge in [-0.1, -0.05) is 0 Å². The van der Waals surface area contributed by atoms with Gasteiger partial charge in [-0.25, -0.2) is 0 Å². The van der Waals surface area contributed by atoms with Crippen molar-refractivity contribution in [3.63, 3.8) is 0 Å². The van der Waals surface area contributed by atoms with Crippen molar-refractivity contribution in [1.82, 2.24) is 0 Å². The molecule has 6 heteroatoms. The van der Waals surface area contributed by atoms with Gasteiger partial charge < -0.3 is 30.0 Å². The summed E-state index contributed by atoms with van der Waals surface area (Å²) in [6.45, 7) is -0.323.